The number of sulfonamides is 1. The zero-order valence-corrected chi connectivity index (χ0v) is 13.8. The van der Waals surface area contributed by atoms with Gasteiger partial charge in [-0.1, -0.05) is 26.8 Å². The number of anilines is 2. The van der Waals surface area contributed by atoms with E-state index in [1.165, 1.54) is 18.2 Å². The zero-order valence-electron chi connectivity index (χ0n) is 13.0. The molecule has 3 N–H and O–H groups in total. The zero-order chi connectivity index (χ0) is 17.4. The highest BCUT2D eigenvalue weighted by Crippen LogP contribution is 2.28. The van der Waals surface area contributed by atoms with Gasteiger partial charge in [-0.15, -0.1) is 0 Å². The number of nitrogens with two attached hydrogens (primary N) is 1. The van der Waals surface area contributed by atoms with E-state index in [-0.39, 0.29) is 16.3 Å². The molecule has 7 heteroatoms. The van der Waals surface area contributed by atoms with E-state index in [0.717, 1.165) is 18.2 Å². The van der Waals surface area contributed by atoms with Gasteiger partial charge in [-0.2, -0.15) is 0 Å². The molecule has 0 aliphatic heterocycles. The quantitative estimate of drug-likeness (QED) is 0.838. The summed E-state index contributed by atoms with van der Waals surface area (Å²) < 4.78 is 54.2. The number of nitrogens with one attached hydrogen (secondary N) is 1. The summed E-state index contributed by atoms with van der Waals surface area (Å²) in [6.45, 7) is 5.47. The van der Waals surface area contributed by atoms with Crippen LogP contribution in [0, 0.1) is 11.6 Å². The molecule has 0 aromatic heterocycles. The van der Waals surface area contributed by atoms with Crippen LogP contribution in [-0.2, 0) is 15.4 Å². The predicted octanol–water partition coefficient (Wildman–Crippen LogP) is 3.65. The number of hydrogen-bond acceptors (Lipinski definition) is 3. The van der Waals surface area contributed by atoms with Crippen LogP contribution in [0.2, 0.25) is 0 Å². The monoisotopic (exact) mass is 340 g/mol. The van der Waals surface area contributed by atoms with E-state index < -0.39 is 27.1 Å². The van der Waals surface area contributed by atoms with E-state index >= 15 is 0 Å². The van der Waals surface area contributed by atoms with Crippen LogP contribution >= 0.6 is 0 Å². The molecule has 0 bridgehead atoms. The molecule has 0 heterocycles. The van der Waals surface area contributed by atoms with Crippen molar-refractivity contribution in [3.05, 3.63) is 53.6 Å². The first-order chi connectivity index (χ1) is 10.5. The van der Waals surface area contributed by atoms with Crippen molar-refractivity contribution in [1.82, 2.24) is 0 Å². The van der Waals surface area contributed by atoms with Gasteiger partial charge in [0.25, 0.3) is 10.0 Å². The predicted molar refractivity (Wildman–Crippen MR) is 86.7 cm³/mol. The Kier molecular flexibility index (Phi) is 4.34. The summed E-state index contributed by atoms with van der Waals surface area (Å²) in [4.78, 5) is -0.258. The molecule has 124 valence electrons. The second kappa shape index (κ2) is 5.81. The molecule has 0 saturated carbocycles. The van der Waals surface area contributed by atoms with E-state index in [1.807, 2.05) is 20.8 Å². The summed E-state index contributed by atoms with van der Waals surface area (Å²) in [5.41, 5.74) is 5.55. The number of halogens is 2. The van der Waals surface area contributed by atoms with Crippen molar-refractivity contribution in [1.29, 1.82) is 0 Å². The first-order valence-corrected chi connectivity index (χ1v) is 8.37. The normalized spacial score (nSPS) is 12.2. The van der Waals surface area contributed by atoms with Gasteiger partial charge in [0.05, 0.1) is 16.3 Å². The summed E-state index contributed by atoms with van der Waals surface area (Å²) in [6.07, 6.45) is 0. The van der Waals surface area contributed by atoms with Gasteiger partial charge in [0.2, 0.25) is 0 Å². The Morgan fingerprint density at radius 3 is 2.26 bits per heavy atom. The Morgan fingerprint density at radius 2 is 1.70 bits per heavy atom. The van der Waals surface area contributed by atoms with Crippen molar-refractivity contribution in [3.8, 4) is 0 Å². The summed E-state index contributed by atoms with van der Waals surface area (Å²) in [7, 11) is -4.07. The molecule has 0 saturated heterocycles. The molecule has 0 radical (unpaired) electrons. The molecule has 0 unspecified atom stereocenters. The minimum atomic E-state index is -4.07. The topological polar surface area (TPSA) is 72.2 Å². The van der Waals surface area contributed by atoms with Gasteiger partial charge in [-0.05, 0) is 35.2 Å². The molecule has 23 heavy (non-hydrogen) atoms. The Morgan fingerprint density at radius 1 is 1.04 bits per heavy atom. The van der Waals surface area contributed by atoms with Gasteiger partial charge in [-0.3, -0.25) is 4.72 Å². The molecule has 0 atom stereocenters. The average molecular weight is 340 g/mol. The standard InChI is InChI=1S/C16H18F2N2O2S/c1-16(2,3)12-6-5-11(9-13(12)18)23(21,22)20-15-8-10(17)4-7-14(15)19/h4-9,20H,19H2,1-3H3. The largest absolute Gasteiger partial charge is 0.397 e. The van der Waals surface area contributed by atoms with E-state index in [4.69, 9.17) is 5.73 Å². The minimum absolute atomic E-state index is 0.0711. The highest BCUT2D eigenvalue weighted by atomic mass is 32.2. The fourth-order valence-electron chi connectivity index (χ4n) is 2.09. The number of benzene rings is 2. The number of rotatable bonds is 3. The van der Waals surface area contributed by atoms with Crippen molar-refractivity contribution >= 4 is 21.4 Å². The van der Waals surface area contributed by atoms with Gasteiger partial charge in [0.15, 0.2) is 0 Å². The summed E-state index contributed by atoms with van der Waals surface area (Å²) in [6, 6.07) is 7.01. The van der Waals surface area contributed by atoms with Crippen molar-refractivity contribution in [3.63, 3.8) is 0 Å². The van der Waals surface area contributed by atoms with Crippen LogP contribution < -0.4 is 10.5 Å². The van der Waals surface area contributed by atoms with E-state index in [0.29, 0.717) is 5.56 Å². The highest BCUT2D eigenvalue weighted by molar-refractivity contribution is 7.92. The van der Waals surface area contributed by atoms with Crippen LogP contribution in [-0.4, -0.2) is 8.42 Å². The molecule has 0 aliphatic carbocycles. The molecular weight excluding hydrogens is 322 g/mol. The first-order valence-electron chi connectivity index (χ1n) is 6.88. The smallest absolute Gasteiger partial charge is 0.262 e. The molecule has 0 aliphatic rings. The lowest BCUT2D eigenvalue weighted by molar-refractivity contribution is 0.519. The summed E-state index contributed by atoms with van der Waals surface area (Å²) >= 11 is 0. The Labute approximate surface area is 134 Å². The lowest BCUT2D eigenvalue weighted by Crippen LogP contribution is -2.17. The van der Waals surface area contributed by atoms with E-state index in [1.54, 1.807) is 0 Å². The van der Waals surface area contributed by atoms with Crippen LogP contribution in [0.1, 0.15) is 26.3 Å². The van der Waals surface area contributed by atoms with Gasteiger partial charge >= 0.3 is 0 Å². The van der Waals surface area contributed by atoms with Gasteiger partial charge < -0.3 is 5.73 Å². The number of hydrogen-bond donors (Lipinski definition) is 2. The van der Waals surface area contributed by atoms with Gasteiger partial charge in [0.1, 0.15) is 11.6 Å². The summed E-state index contributed by atoms with van der Waals surface area (Å²) in [5.74, 6) is -1.25. The molecule has 2 rings (SSSR count). The Balaban J connectivity index is 2.41. The van der Waals surface area contributed by atoms with Crippen LogP contribution in [0.4, 0.5) is 20.2 Å². The lowest BCUT2D eigenvalue weighted by atomic mass is 9.87. The van der Waals surface area contributed by atoms with Gasteiger partial charge in [0, 0.05) is 6.07 Å². The fourth-order valence-corrected chi connectivity index (χ4v) is 3.18. The Bertz CT molecular complexity index is 844. The maximum atomic E-state index is 14.2. The number of nitrogen functional groups attached to an aromatic ring is 1. The molecular formula is C16H18F2N2O2S. The second-order valence-corrected chi connectivity index (χ2v) is 7.91. The molecule has 4 nitrogen and oxygen atoms in total. The lowest BCUT2D eigenvalue weighted by Gasteiger charge is -2.20. The molecule has 0 fully saturated rings. The highest BCUT2D eigenvalue weighted by Gasteiger charge is 2.22. The van der Waals surface area contributed by atoms with Gasteiger partial charge in [-0.25, -0.2) is 17.2 Å². The van der Waals surface area contributed by atoms with Crippen molar-refractivity contribution < 1.29 is 17.2 Å². The van der Waals surface area contributed by atoms with Crippen molar-refractivity contribution in [2.24, 2.45) is 0 Å². The Hall–Kier alpha value is -2.15. The molecule has 0 spiro atoms. The van der Waals surface area contributed by atoms with Crippen molar-refractivity contribution in [2.45, 2.75) is 31.1 Å². The third-order valence-electron chi connectivity index (χ3n) is 3.32. The van der Waals surface area contributed by atoms with E-state index in [9.17, 15) is 17.2 Å². The third kappa shape index (κ3) is 3.79. The molecule has 2 aromatic rings. The SMILES string of the molecule is CC(C)(C)c1ccc(S(=O)(=O)Nc2cc(F)ccc2N)cc1F. The van der Waals surface area contributed by atoms with Crippen molar-refractivity contribution in [2.75, 3.05) is 10.5 Å². The first kappa shape index (κ1) is 17.2. The minimum Gasteiger partial charge on any atom is -0.397 e. The van der Waals surface area contributed by atoms with E-state index in [2.05, 4.69) is 4.72 Å². The van der Waals surface area contributed by atoms with Crippen LogP contribution in [0.15, 0.2) is 41.3 Å². The van der Waals surface area contributed by atoms with Crippen LogP contribution in [0.5, 0.6) is 0 Å². The maximum absolute atomic E-state index is 14.2. The molecule has 2 aromatic carbocycles. The third-order valence-corrected chi connectivity index (χ3v) is 4.68. The maximum Gasteiger partial charge on any atom is 0.262 e. The van der Waals surface area contributed by atoms with Crippen LogP contribution in [0.3, 0.4) is 0 Å². The molecule has 0 amide bonds. The average Bonchev–Trinajstić information content (AvgIpc) is 2.41. The summed E-state index contributed by atoms with van der Waals surface area (Å²) in [5, 5.41) is 0. The van der Waals surface area contributed by atoms with Crippen LogP contribution in [0.25, 0.3) is 0 Å². The second-order valence-electron chi connectivity index (χ2n) is 6.23. The fraction of sp³-hybridized carbons (Fsp3) is 0.250.